The van der Waals surface area contributed by atoms with Crippen LogP contribution in [0.2, 0.25) is 0 Å². The van der Waals surface area contributed by atoms with Gasteiger partial charge in [0.1, 0.15) is 5.69 Å². The first-order chi connectivity index (χ1) is 9.00. The number of anilines is 1. The Morgan fingerprint density at radius 2 is 1.84 bits per heavy atom. The smallest absolute Gasteiger partial charge is 0.254 e. The molecule has 1 N–H and O–H groups in total. The zero-order valence-corrected chi connectivity index (χ0v) is 10.4. The molecular weight excluding hydrogens is 282 g/mol. The first kappa shape index (κ1) is 13.5. The molecule has 0 aliphatic carbocycles. The fourth-order valence-corrected chi connectivity index (χ4v) is 1.94. The van der Waals surface area contributed by atoms with Gasteiger partial charge < -0.3 is 0 Å². The molecule has 0 fully saturated rings. The highest BCUT2D eigenvalue weighted by Gasteiger charge is 2.20. The highest BCUT2D eigenvalue weighted by Crippen LogP contribution is 2.22. The summed E-state index contributed by atoms with van der Waals surface area (Å²) >= 11 is 1.36. The van der Waals surface area contributed by atoms with E-state index in [4.69, 9.17) is 0 Å². The molecule has 3 nitrogen and oxygen atoms in total. The molecule has 0 bridgehead atoms. The zero-order valence-electron chi connectivity index (χ0n) is 9.55. The van der Waals surface area contributed by atoms with Crippen LogP contribution in [-0.2, 0) is 0 Å². The Labute approximate surface area is 109 Å². The Morgan fingerprint density at radius 3 is 2.37 bits per heavy atom. The van der Waals surface area contributed by atoms with Crippen molar-refractivity contribution in [3.63, 3.8) is 0 Å². The summed E-state index contributed by atoms with van der Waals surface area (Å²) < 4.78 is 52.2. The number of pyridine rings is 1. The van der Waals surface area contributed by atoms with Crippen molar-refractivity contribution in [1.82, 2.24) is 4.98 Å². The molecular formula is C11H7F4N3S. The van der Waals surface area contributed by atoms with E-state index in [9.17, 15) is 17.6 Å². The predicted molar refractivity (Wildman–Crippen MR) is 64.2 cm³/mol. The topological polar surface area (TPSA) is 37.3 Å². The quantitative estimate of drug-likeness (QED) is 0.406. The normalized spacial score (nSPS) is 11.7. The molecule has 8 heteroatoms. The van der Waals surface area contributed by atoms with Gasteiger partial charge in [0, 0.05) is 4.88 Å². The predicted octanol–water partition coefficient (Wildman–Crippen LogP) is 3.54. The summed E-state index contributed by atoms with van der Waals surface area (Å²) in [4.78, 5) is 3.19. The largest absolute Gasteiger partial charge is 0.272 e. The summed E-state index contributed by atoms with van der Waals surface area (Å²) in [5.74, 6) is -6.71. The van der Waals surface area contributed by atoms with Crippen molar-refractivity contribution in [3.05, 3.63) is 45.9 Å². The lowest BCUT2D eigenvalue weighted by Gasteiger charge is -2.05. The third-order valence-electron chi connectivity index (χ3n) is 2.21. The molecule has 0 aliphatic rings. The van der Waals surface area contributed by atoms with E-state index in [1.54, 1.807) is 24.4 Å². The Morgan fingerprint density at radius 1 is 1.21 bits per heavy atom. The van der Waals surface area contributed by atoms with Crippen LogP contribution in [0.4, 0.5) is 23.2 Å². The number of hydrazone groups is 1. The Kier molecular flexibility index (Phi) is 3.79. The minimum absolute atomic E-state index is 0.423. The van der Waals surface area contributed by atoms with Crippen LogP contribution in [0.1, 0.15) is 11.8 Å². The summed E-state index contributed by atoms with van der Waals surface area (Å²) in [7, 11) is 0. The fourth-order valence-electron chi connectivity index (χ4n) is 1.26. The molecule has 2 aromatic rings. The lowest BCUT2D eigenvalue weighted by Crippen LogP contribution is -2.07. The minimum atomic E-state index is -1.73. The molecule has 0 radical (unpaired) electrons. The van der Waals surface area contributed by atoms with Gasteiger partial charge in [0.15, 0.2) is 0 Å². The molecule has 0 unspecified atom stereocenters. The van der Waals surface area contributed by atoms with Crippen molar-refractivity contribution in [1.29, 1.82) is 0 Å². The van der Waals surface area contributed by atoms with Crippen LogP contribution in [0.15, 0.2) is 22.6 Å². The molecule has 19 heavy (non-hydrogen) atoms. The van der Waals surface area contributed by atoms with Gasteiger partial charge in [-0.25, -0.2) is 0 Å². The number of nitrogens with zero attached hydrogens (tertiary/aromatic N) is 2. The Hall–Kier alpha value is -1.96. The van der Waals surface area contributed by atoms with Crippen molar-refractivity contribution in [3.8, 4) is 0 Å². The molecule has 2 rings (SSSR count). The molecule has 0 aliphatic heterocycles. The number of aromatic nitrogens is 1. The van der Waals surface area contributed by atoms with Crippen LogP contribution in [0, 0.1) is 23.5 Å². The molecule has 0 amide bonds. The second-order valence-corrected chi connectivity index (χ2v) is 4.43. The Balaban J connectivity index is 2.32. The van der Waals surface area contributed by atoms with Crippen molar-refractivity contribution >= 4 is 22.7 Å². The fraction of sp³-hybridized carbons (Fsp3) is 0.0909. The monoisotopic (exact) mass is 289 g/mol. The average Bonchev–Trinajstić information content (AvgIpc) is 2.90. The van der Waals surface area contributed by atoms with E-state index in [1.165, 1.54) is 11.3 Å². The number of rotatable bonds is 3. The van der Waals surface area contributed by atoms with Crippen LogP contribution >= 0.6 is 11.3 Å². The van der Waals surface area contributed by atoms with Crippen molar-refractivity contribution in [2.75, 3.05) is 5.43 Å². The van der Waals surface area contributed by atoms with Crippen LogP contribution in [0.5, 0.6) is 0 Å². The number of hydrogen-bond donors (Lipinski definition) is 1. The molecule has 0 spiro atoms. The van der Waals surface area contributed by atoms with Gasteiger partial charge in [0.2, 0.25) is 11.6 Å². The first-order valence-electron chi connectivity index (χ1n) is 5.05. The van der Waals surface area contributed by atoms with Crippen LogP contribution in [-0.4, -0.2) is 10.7 Å². The second kappa shape index (κ2) is 5.35. The van der Waals surface area contributed by atoms with Gasteiger partial charge in [-0.3, -0.25) is 5.43 Å². The summed E-state index contributed by atoms with van der Waals surface area (Å²) in [5, 5.41) is 5.47. The van der Waals surface area contributed by atoms with E-state index in [2.05, 4.69) is 10.1 Å². The first-order valence-corrected chi connectivity index (χ1v) is 5.93. The maximum Gasteiger partial charge on any atom is 0.254 e. The average molecular weight is 289 g/mol. The number of hydrogen-bond acceptors (Lipinski definition) is 4. The van der Waals surface area contributed by atoms with E-state index >= 15 is 0 Å². The van der Waals surface area contributed by atoms with Crippen LogP contribution in [0.3, 0.4) is 0 Å². The zero-order chi connectivity index (χ0) is 14.0. The van der Waals surface area contributed by atoms with Gasteiger partial charge in [-0.05, 0) is 18.4 Å². The minimum Gasteiger partial charge on any atom is -0.272 e. The van der Waals surface area contributed by atoms with Crippen LogP contribution in [0.25, 0.3) is 0 Å². The van der Waals surface area contributed by atoms with Gasteiger partial charge in [0.25, 0.3) is 11.9 Å². The highest BCUT2D eigenvalue weighted by atomic mass is 32.1. The van der Waals surface area contributed by atoms with Crippen molar-refractivity contribution < 1.29 is 17.6 Å². The number of halogens is 4. The summed E-state index contributed by atoms with van der Waals surface area (Å²) in [6, 6.07) is 3.51. The van der Waals surface area contributed by atoms with Crippen LogP contribution < -0.4 is 5.43 Å². The molecule has 0 saturated heterocycles. The Bertz CT molecular complexity index is 599. The molecule has 0 aromatic carbocycles. The number of nitrogens with one attached hydrogen (secondary N) is 1. The van der Waals surface area contributed by atoms with Gasteiger partial charge >= 0.3 is 0 Å². The lowest BCUT2D eigenvalue weighted by molar-refractivity contribution is 0.411. The summed E-state index contributed by atoms with van der Waals surface area (Å²) in [5.41, 5.74) is 1.39. The van der Waals surface area contributed by atoms with Gasteiger partial charge in [-0.15, -0.1) is 11.3 Å². The molecule has 2 heterocycles. The molecule has 100 valence electrons. The van der Waals surface area contributed by atoms with E-state index in [0.29, 0.717) is 5.71 Å². The third-order valence-corrected chi connectivity index (χ3v) is 3.19. The van der Waals surface area contributed by atoms with E-state index in [-0.39, 0.29) is 0 Å². The summed E-state index contributed by atoms with van der Waals surface area (Å²) in [6.45, 7) is 1.59. The summed E-state index contributed by atoms with van der Waals surface area (Å²) in [6.07, 6.45) is 0. The van der Waals surface area contributed by atoms with Gasteiger partial charge in [-0.1, -0.05) is 6.07 Å². The lowest BCUT2D eigenvalue weighted by atomic mass is 10.3. The second-order valence-electron chi connectivity index (χ2n) is 3.48. The van der Waals surface area contributed by atoms with Gasteiger partial charge in [0.05, 0.1) is 5.71 Å². The maximum atomic E-state index is 13.3. The molecule has 0 atom stereocenters. The standard InChI is InChI=1S/C11H7F4N3S/c1-5(6-3-2-4-19-6)17-18-9-7(12)10(14)16-11(15)8(9)13/h2-4H,1H3,(H,16,18)/b17-5-. The van der Waals surface area contributed by atoms with Crippen molar-refractivity contribution in [2.45, 2.75) is 6.92 Å². The third kappa shape index (κ3) is 2.73. The van der Waals surface area contributed by atoms with E-state index in [1.807, 2.05) is 5.43 Å². The highest BCUT2D eigenvalue weighted by molar-refractivity contribution is 7.12. The molecule has 0 saturated carbocycles. The van der Waals surface area contributed by atoms with E-state index < -0.39 is 29.2 Å². The van der Waals surface area contributed by atoms with Gasteiger partial charge in [-0.2, -0.15) is 27.6 Å². The van der Waals surface area contributed by atoms with Crippen molar-refractivity contribution in [2.24, 2.45) is 5.10 Å². The SMILES string of the molecule is C/C(=N/Nc1c(F)c(F)nc(F)c1F)c1cccs1. The van der Waals surface area contributed by atoms with E-state index in [0.717, 1.165) is 4.88 Å². The molecule has 2 aromatic heterocycles. The maximum absolute atomic E-state index is 13.3. The number of thiophene rings is 1.